The maximum atomic E-state index is 6.28. The average Bonchev–Trinajstić information content (AvgIpc) is 3.00. The van der Waals surface area contributed by atoms with E-state index in [2.05, 4.69) is 10.2 Å². The molecule has 8 heteroatoms. The fourth-order valence-corrected chi connectivity index (χ4v) is 4.19. The molecular weight excluding hydrogens is 393 g/mol. The van der Waals surface area contributed by atoms with Crippen molar-refractivity contribution in [2.45, 2.75) is 17.5 Å². The first-order valence-corrected chi connectivity index (χ1v) is 9.66. The summed E-state index contributed by atoms with van der Waals surface area (Å²) in [5.74, 6) is 2.25. The van der Waals surface area contributed by atoms with Crippen LogP contribution in [0.25, 0.3) is 11.4 Å². The molecule has 0 unspecified atom stereocenters. The summed E-state index contributed by atoms with van der Waals surface area (Å²) in [5, 5.41) is 10.7. The van der Waals surface area contributed by atoms with Crippen molar-refractivity contribution in [3.8, 4) is 17.1 Å². The molecule has 4 rings (SSSR count). The van der Waals surface area contributed by atoms with Crippen molar-refractivity contribution in [3.05, 3.63) is 57.6 Å². The fraction of sp³-hybridized carbons (Fsp3) is 0.222. The molecule has 1 aliphatic heterocycles. The Bertz CT molecular complexity index is 962. The van der Waals surface area contributed by atoms with E-state index >= 15 is 0 Å². The van der Waals surface area contributed by atoms with E-state index in [9.17, 15) is 0 Å². The molecule has 1 aliphatic rings. The van der Waals surface area contributed by atoms with E-state index in [4.69, 9.17) is 32.7 Å². The molecule has 0 atom stereocenters. The summed E-state index contributed by atoms with van der Waals surface area (Å²) >= 11 is 14.1. The smallest absolute Gasteiger partial charge is 0.191 e. The van der Waals surface area contributed by atoms with Gasteiger partial charge in [-0.2, -0.15) is 0 Å². The predicted molar refractivity (Wildman–Crippen MR) is 103 cm³/mol. The topological polar surface area (TPSA) is 49.2 Å². The maximum absolute atomic E-state index is 6.28. The highest BCUT2D eigenvalue weighted by molar-refractivity contribution is 7.98. The molecule has 134 valence electrons. The third kappa shape index (κ3) is 3.42. The van der Waals surface area contributed by atoms with Crippen molar-refractivity contribution in [3.63, 3.8) is 0 Å². The Labute approximate surface area is 165 Å². The minimum Gasteiger partial charge on any atom is -0.467 e. The molecule has 1 aromatic heterocycles. The van der Waals surface area contributed by atoms with Crippen molar-refractivity contribution >= 4 is 35.0 Å². The lowest BCUT2D eigenvalue weighted by Crippen LogP contribution is -2.13. The van der Waals surface area contributed by atoms with E-state index in [0.717, 1.165) is 33.4 Å². The zero-order valence-electron chi connectivity index (χ0n) is 13.9. The van der Waals surface area contributed by atoms with Crippen LogP contribution < -0.4 is 4.74 Å². The number of rotatable bonds is 4. The summed E-state index contributed by atoms with van der Waals surface area (Å²) in [6.45, 7) is 0.765. The van der Waals surface area contributed by atoms with Gasteiger partial charge in [-0.15, -0.1) is 10.2 Å². The summed E-state index contributed by atoms with van der Waals surface area (Å²) in [4.78, 5) is 0. The number of benzene rings is 2. The van der Waals surface area contributed by atoms with Crippen LogP contribution in [0.1, 0.15) is 11.1 Å². The molecule has 0 saturated heterocycles. The van der Waals surface area contributed by atoms with Crippen molar-refractivity contribution in [2.24, 2.45) is 7.05 Å². The molecule has 0 amide bonds. The lowest BCUT2D eigenvalue weighted by Gasteiger charge is -2.20. The monoisotopic (exact) mass is 407 g/mol. The number of thioether (sulfide) groups is 1. The van der Waals surface area contributed by atoms with Crippen LogP contribution >= 0.6 is 35.0 Å². The largest absolute Gasteiger partial charge is 0.467 e. The second-order valence-corrected chi connectivity index (χ2v) is 7.58. The quantitative estimate of drug-likeness (QED) is 0.572. The van der Waals surface area contributed by atoms with Gasteiger partial charge in [0.15, 0.2) is 17.8 Å². The third-order valence-electron chi connectivity index (χ3n) is 4.06. The average molecular weight is 408 g/mol. The molecule has 3 aromatic rings. The molecule has 5 nitrogen and oxygen atoms in total. The first-order valence-electron chi connectivity index (χ1n) is 7.92. The maximum Gasteiger partial charge on any atom is 0.191 e. The number of halogens is 2. The van der Waals surface area contributed by atoms with Crippen LogP contribution in [0.5, 0.6) is 5.75 Å². The lowest BCUT2D eigenvalue weighted by atomic mass is 10.1. The molecule has 0 aliphatic carbocycles. The Kier molecular flexibility index (Phi) is 5.09. The van der Waals surface area contributed by atoms with E-state index in [1.54, 1.807) is 11.8 Å². The normalized spacial score (nSPS) is 13.3. The van der Waals surface area contributed by atoms with E-state index in [1.165, 1.54) is 0 Å². The van der Waals surface area contributed by atoms with Gasteiger partial charge in [0.25, 0.3) is 0 Å². The molecule has 0 spiro atoms. The first-order chi connectivity index (χ1) is 12.6. The Morgan fingerprint density at radius 3 is 2.88 bits per heavy atom. The zero-order chi connectivity index (χ0) is 18.1. The van der Waals surface area contributed by atoms with Crippen LogP contribution in [-0.4, -0.2) is 21.6 Å². The SMILES string of the molecule is Cn1c(SCc2cc(Cl)cc3c2OCOC3)nnc1-c1ccccc1Cl. The first kappa shape index (κ1) is 17.7. The van der Waals surface area contributed by atoms with Crippen LogP contribution in [0.2, 0.25) is 10.0 Å². The molecule has 0 N–H and O–H groups in total. The number of aromatic nitrogens is 3. The number of nitrogens with zero attached hydrogens (tertiary/aromatic N) is 3. The number of ether oxygens (including phenoxy) is 2. The summed E-state index contributed by atoms with van der Waals surface area (Å²) in [6, 6.07) is 11.4. The van der Waals surface area contributed by atoms with Gasteiger partial charge in [-0.05, 0) is 24.3 Å². The molecule has 0 saturated carbocycles. The van der Waals surface area contributed by atoms with Gasteiger partial charge in [0.1, 0.15) is 5.75 Å². The van der Waals surface area contributed by atoms with E-state index in [1.807, 2.05) is 48.0 Å². The van der Waals surface area contributed by atoms with Crippen LogP contribution in [0.4, 0.5) is 0 Å². The molecule has 0 radical (unpaired) electrons. The van der Waals surface area contributed by atoms with Crippen LogP contribution in [0.3, 0.4) is 0 Å². The van der Waals surface area contributed by atoms with Gasteiger partial charge < -0.3 is 14.0 Å². The number of hydrogen-bond acceptors (Lipinski definition) is 5. The molecule has 2 aromatic carbocycles. The van der Waals surface area contributed by atoms with Crippen LogP contribution in [0, 0.1) is 0 Å². The molecule has 0 fully saturated rings. The van der Waals surface area contributed by atoms with Crippen LogP contribution in [0.15, 0.2) is 41.6 Å². The van der Waals surface area contributed by atoms with Crippen molar-refractivity contribution in [1.29, 1.82) is 0 Å². The molecule has 2 heterocycles. The Morgan fingerprint density at radius 1 is 1.19 bits per heavy atom. The second-order valence-electron chi connectivity index (χ2n) is 5.80. The molecule has 26 heavy (non-hydrogen) atoms. The summed E-state index contributed by atoms with van der Waals surface area (Å²) < 4.78 is 12.9. The highest BCUT2D eigenvalue weighted by Gasteiger charge is 2.18. The zero-order valence-corrected chi connectivity index (χ0v) is 16.2. The van der Waals surface area contributed by atoms with Gasteiger partial charge >= 0.3 is 0 Å². The Hall–Kier alpha value is -1.73. The summed E-state index contributed by atoms with van der Waals surface area (Å²) in [5.41, 5.74) is 2.84. The number of fused-ring (bicyclic) bond motifs is 1. The Balaban J connectivity index is 1.59. The van der Waals surface area contributed by atoms with Crippen LogP contribution in [-0.2, 0) is 24.1 Å². The molecule has 0 bridgehead atoms. The minimum atomic E-state index is 0.257. The predicted octanol–water partition coefficient (Wildman–Crippen LogP) is 4.95. The Morgan fingerprint density at radius 2 is 2.04 bits per heavy atom. The van der Waals surface area contributed by atoms with Gasteiger partial charge in [-0.25, -0.2) is 0 Å². The summed E-state index contributed by atoms with van der Waals surface area (Å²) in [7, 11) is 1.93. The fourth-order valence-electron chi connectivity index (χ4n) is 2.82. The van der Waals surface area contributed by atoms with Crippen molar-refractivity contribution in [2.75, 3.05) is 6.79 Å². The van der Waals surface area contributed by atoms with Gasteiger partial charge in [0.2, 0.25) is 0 Å². The van der Waals surface area contributed by atoms with Crippen molar-refractivity contribution < 1.29 is 9.47 Å². The van der Waals surface area contributed by atoms with E-state index in [-0.39, 0.29) is 6.79 Å². The van der Waals surface area contributed by atoms with Gasteiger partial charge in [0, 0.05) is 34.5 Å². The van der Waals surface area contributed by atoms with Gasteiger partial charge in [-0.1, -0.05) is 47.1 Å². The van der Waals surface area contributed by atoms with E-state index < -0.39 is 0 Å². The van der Waals surface area contributed by atoms with Gasteiger partial charge in [-0.3, -0.25) is 0 Å². The third-order valence-corrected chi connectivity index (χ3v) is 5.67. The summed E-state index contributed by atoms with van der Waals surface area (Å²) in [6.07, 6.45) is 0. The van der Waals surface area contributed by atoms with Crippen molar-refractivity contribution in [1.82, 2.24) is 14.8 Å². The standard InChI is InChI=1S/C18H15Cl2N3O2S/c1-23-17(14-4-2-3-5-15(14)20)21-22-18(23)26-9-12-7-13(19)6-11-8-24-10-25-16(11)12/h2-7H,8-10H2,1H3. The lowest BCUT2D eigenvalue weighted by molar-refractivity contribution is -0.0168. The van der Waals surface area contributed by atoms with E-state index in [0.29, 0.717) is 22.4 Å². The van der Waals surface area contributed by atoms with Gasteiger partial charge in [0.05, 0.1) is 11.6 Å². The molecular formula is C18H15Cl2N3O2S. The highest BCUT2D eigenvalue weighted by atomic mass is 35.5. The minimum absolute atomic E-state index is 0.257. The second kappa shape index (κ2) is 7.48. The number of hydrogen-bond donors (Lipinski definition) is 0. The highest BCUT2D eigenvalue weighted by Crippen LogP contribution is 2.36.